The third-order valence-corrected chi connectivity index (χ3v) is 4.63. The molecule has 1 aromatic heterocycles. The quantitative estimate of drug-likeness (QED) is 0.913. The number of methoxy groups -OCH3 is 1. The van der Waals surface area contributed by atoms with Crippen LogP contribution in [0.1, 0.15) is 17.4 Å². The summed E-state index contributed by atoms with van der Waals surface area (Å²) in [6.07, 6.45) is -0.939. The van der Waals surface area contributed by atoms with Crippen molar-refractivity contribution in [3.8, 4) is 5.75 Å². The molecule has 1 unspecified atom stereocenters. The number of ether oxygens (including phenoxy) is 1. The number of rotatable bonds is 2. The van der Waals surface area contributed by atoms with Gasteiger partial charge in [0.15, 0.2) is 0 Å². The first-order valence-corrected chi connectivity index (χ1v) is 7.84. The smallest absolute Gasteiger partial charge is 0.407 e. The number of carbonyl (C=O) groups excluding carboxylic acids is 1. The van der Waals surface area contributed by atoms with E-state index in [4.69, 9.17) is 9.84 Å². The zero-order valence-corrected chi connectivity index (χ0v) is 14.0. The molecule has 1 N–H and O–H groups in total. The number of carboxylic acid groups (broad SMARTS) is 1. The number of carbonyl (C=O) groups is 2. The van der Waals surface area contributed by atoms with Crippen LogP contribution >= 0.6 is 0 Å². The highest BCUT2D eigenvalue weighted by molar-refractivity contribution is 5.99. The monoisotopic (exact) mass is 331 g/mol. The summed E-state index contributed by atoms with van der Waals surface area (Å²) in [4.78, 5) is 27.1. The molecule has 7 heteroatoms. The minimum Gasteiger partial charge on any atom is -0.497 e. The van der Waals surface area contributed by atoms with Crippen molar-refractivity contribution in [2.45, 2.75) is 13.0 Å². The van der Waals surface area contributed by atoms with Crippen LogP contribution in [0.5, 0.6) is 5.75 Å². The van der Waals surface area contributed by atoms with Gasteiger partial charge in [-0.2, -0.15) is 0 Å². The Morgan fingerprint density at radius 2 is 2.00 bits per heavy atom. The fourth-order valence-corrected chi connectivity index (χ4v) is 3.22. The van der Waals surface area contributed by atoms with Gasteiger partial charge in [-0.1, -0.05) is 0 Å². The van der Waals surface area contributed by atoms with Crippen molar-refractivity contribution in [3.63, 3.8) is 0 Å². The van der Waals surface area contributed by atoms with Crippen LogP contribution in [0.3, 0.4) is 0 Å². The van der Waals surface area contributed by atoms with E-state index in [9.17, 15) is 9.59 Å². The van der Waals surface area contributed by atoms with E-state index >= 15 is 0 Å². The molecular weight excluding hydrogens is 310 g/mol. The maximum Gasteiger partial charge on any atom is 0.407 e. The standard InChI is InChI=1S/C17H21N3O4/c1-11-10-19(17(22)23)6-7-20(11)16(21)15-8-12-4-5-13(24-3)9-14(12)18(15)2/h4-5,8-9,11H,6-7,10H2,1-3H3,(H,22,23). The van der Waals surface area contributed by atoms with Crippen molar-refractivity contribution in [3.05, 3.63) is 30.0 Å². The molecule has 2 heterocycles. The van der Waals surface area contributed by atoms with E-state index in [2.05, 4.69) is 0 Å². The summed E-state index contributed by atoms with van der Waals surface area (Å²) >= 11 is 0. The van der Waals surface area contributed by atoms with Gasteiger partial charge in [-0.15, -0.1) is 0 Å². The Kier molecular flexibility index (Phi) is 4.09. The molecule has 0 saturated carbocycles. The van der Waals surface area contributed by atoms with E-state index in [1.807, 2.05) is 42.8 Å². The third-order valence-electron chi connectivity index (χ3n) is 4.63. The lowest BCUT2D eigenvalue weighted by Crippen LogP contribution is -2.55. The van der Waals surface area contributed by atoms with Crippen LogP contribution in [-0.4, -0.2) is 64.3 Å². The van der Waals surface area contributed by atoms with Gasteiger partial charge in [0.1, 0.15) is 11.4 Å². The zero-order valence-electron chi connectivity index (χ0n) is 14.0. The number of hydrogen-bond donors (Lipinski definition) is 1. The molecule has 24 heavy (non-hydrogen) atoms. The summed E-state index contributed by atoms with van der Waals surface area (Å²) in [5.74, 6) is 0.663. The lowest BCUT2D eigenvalue weighted by molar-refractivity contribution is 0.0476. The Morgan fingerprint density at radius 3 is 2.62 bits per heavy atom. The summed E-state index contributed by atoms with van der Waals surface area (Å²) in [6.45, 7) is 2.94. The van der Waals surface area contributed by atoms with Crippen LogP contribution in [0.15, 0.2) is 24.3 Å². The van der Waals surface area contributed by atoms with Crippen LogP contribution in [-0.2, 0) is 7.05 Å². The summed E-state index contributed by atoms with van der Waals surface area (Å²) in [7, 11) is 3.47. The van der Waals surface area contributed by atoms with Gasteiger partial charge in [0, 0.05) is 44.2 Å². The Labute approximate surface area is 140 Å². The van der Waals surface area contributed by atoms with Crippen LogP contribution in [0, 0.1) is 0 Å². The second kappa shape index (κ2) is 6.07. The van der Waals surface area contributed by atoms with Gasteiger partial charge < -0.3 is 24.2 Å². The van der Waals surface area contributed by atoms with Gasteiger partial charge >= 0.3 is 6.09 Å². The van der Waals surface area contributed by atoms with E-state index in [1.54, 1.807) is 12.0 Å². The SMILES string of the molecule is COc1ccc2cc(C(=O)N3CCN(C(=O)O)CC3C)n(C)c2c1. The Hall–Kier alpha value is -2.70. The molecule has 1 saturated heterocycles. The van der Waals surface area contributed by atoms with Crippen LogP contribution in [0.2, 0.25) is 0 Å². The minimum atomic E-state index is -0.939. The molecule has 7 nitrogen and oxygen atoms in total. The highest BCUT2D eigenvalue weighted by Crippen LogP contribution is 2.25. The van der Waals surface area contributed by atoms with Crippen LogP contribution in [0.4, 0.5) is 4.79 Å². The number of aryl methyl sites for hydroxylation is 1. The van der Waals surface area contributed by atoms with Crippen molar-refractivity contribution < 1.29 is 19.4 Å². The molecule has 0 radical (unpaired) electrons. The first-order valence-electron chi connectivity index (χ1n) is 7.84. The van der Waals surface area contributed by atoms with Crippen molar-refractivity contribution in [2.75, 3.05) is 26.7 Å². The normalized spacial score (nSPS) is 18.0. The second-order valence-electron chi connectivity index (χ2n) is 6.09. The highest BCUT2D eigenvalue weighted by Gasteiger charge is 2.31. The fraction of sp³-hybridized carbons (Fsp3) is 0.412. The molecule has 1 fully saturated rings. The lowest BCUT2D eigenvalue weighted by atomic mass is 10.1. The van der Waals surface area contributed by atoms with Gasteiger partial charge in [-0.3, -0.25) is 4.79 Å². The number of hydrogen-bond acceptors (Lipinski definition) is 3. The molecule has 0 bridgehead atoms. The largest absolute Gasteiger partial charge is 0.497 e. The number of fused-ring (bicyclic) bond motifs is 1. The molecule has 1 aliphatic heterocycles. The minimum absolute atomic E-state index is 0.0785. The van der Waals surface area contributed by atoms with Gasteiger partial charge in [0.25, 0.3) is 5.91 Å². The molecule has 0 spiro atoms. The molecule has 128 valence electrons. The molecule has 0 aliphatic carbocycles. The maximum absolute atomic E-state index is 12.9. The molecular formula is C17H21N3O4. The highest BCUT2D eigenvalue weighted by atomic mass is 16.5. The molecule has 1 aliphatic rings. The predicted molar refractivity (Wildman–Crippen MR) is 89.6 cm³/mol. The predicted octanol–water partition coefficient (Wildman–Crippen LogP) is 2.01. The van der Waals surface area contributed by atoms with E-state index in [-0.39, 0.29) is 11.9 Å². The molecule has 1 aromatic carbocycles. The van der Waals surface area contributed by atoms with Crippen molar-refractivity contribution in [1.82, 2.24) is 14.4 Å². The van der Waals surface area contributed by atoms with E-state index < -0.39 is 6.09 Å². The lowest BCUT2D eigenvalue weighted by Gasteiger charge is -2.38. The van der Waals surface area contributed by atoms with E-state index in [0.717, 1.165) is 16.7 Å². The van der Waals surface area contributed by atoms with Gasteiger partial charge in [0.2, 0.25) is 0 Å². The van der Waals surface area contributed by atoms with Crippen molar-refractivity contribution >= 4 is 22.9 Å². The average molecular weight is 331 g/mol. The number of nitrogens with zero attached hydrogens (tertiary/aromatic N) is 3. The van der Waals surface area contributed by atoms with Crippen LogP contribution < -0.4 is 4.74 Å². The Bertz CT molecular complexity index is 798. The number of benzene rings is 1. The van der Waals surface area contributed by atoms with E-state index in [0.29, 0.717) is 25.3 Å². The number of amides is 2. The summed E-state index contributed by atoms with van der Waals surface area (Å²) in [6, 6.07) is 7.40. The number of piperazine rings is 1. The topological polar surface area (TPSA) is 75.0 Å². The summed E-state index contributed by atoms with van der Waals surface area (Å²) < 4.78 is 7.10. The maximum atomic E-state index is 12.9. The fourth-order valence-electron chi connectivity index (χ4n) is 3.22. The third kappa shape index (κ3) is 2.66. The van der Waals surface area contributed by atoms with E-state index in [1.165, 1.54) is 4.90 Å². The average Bonchev–Trinajstić information content (AvgIpc) is 2.90. The zero-order chi connectivity index (χ0) is 17.4. The molecule has 3 rings (SSSR count). The second-order valence-corrected chi connectivity index (χ2v) is 6.09. The summed E-state index contributed by atoms with van der Waals surface area (Å²) in [5.41, 5.74) is 1.52. The van der Waals surface area contributed by atoms with Crippen molar-refractivity contribution in [1.29, 1.82) is 0 Å². The van der Waals surface area contributed by atoms with Gasteiger partial charge in [0.05, 0.1) is 12.6 Å². The molecule has 2 aromatic rings. The number of aromatic nitrogens is 1. The Morgan fingerprint density at radius 1 is 1.25 bits per heavy atom. The van der Waals surface area contributed by atoms with Gasteiger partial charge in [-0.05, 0) is 25.1 Å². The van der Waals surface area contributed by atoms with Crippen molar-refractivity contribution in [2.24, 2.45) is 7.05 Å². The van der Waals surface area contributed by atoms with Gasteiger partial charge in [-0.25, -0.2) is 4.79 Å². The first-order chi connectivity index (χ1) is 11.4. The van der Waals surface area contributed by atoms with Crippen LogP contribution in [0.25, 0.3) is 10.9 Å². The Balaban J connectivity index is 1.89. The summed E-state index contributed by atoms with van der Waals surface area (Å²) in [5, 5.41) is 10.1. The molecule has 2 amide bonds. The molecule has 1 atom stereocenters. The first kappa shape index (κ1) is 16.2.